The highest BCUT2D eigenvalue weighted by Gasteiger charge is 2.35. The normalized spacial score (nSPS) is 17.2. The maximum atomic E-state index is 13.7. The van der Waals surface area contributed by atoms with Crippen LogP contribution in [0.2, 0.25) is 0 Å². The van der Waals surface area contributed by atoms with Crippen molar-refractivity contribution in [3.8, 4) is 5.75 Å². The van der Waals surface area contributed by atoms with Crippen molar-refractivity contribution in [2.75, 3.05) is 10.6 Å². The van der Waals surface area contributed by atoms with Crippen molar-refractivity contribution < 1.29 is 17.9 Å². The summed E-state index contributed by atoms with van der Waals surface area (Å²) in [6, 6.07) is 15.0. The van der Waals surface area contributed by atoms with Crippen LogP contribution in [0.4, 0.5) is 36.3 Å². The molecule has 0 radical (unpaired) electrons. The molecule has 0 aliphatic heterocycles. The fourth-order valence-corrected chi connectivity index (χ4v) is 5.10. The van der Waals surface area contributed by atoms with Gasteiger partial charge < -0.3 is 15.4 Å². The molecule has 0 bridgehead atoms. The van der Waals surface area contributed by atoms with Gasteiger partial charge in [-0.1, -0.05) is 31.4 Å². The summed E-state index contributed by atoms with van der Waals surface area (Å²) < 4.78 is 47.0. The molecule has 2 saturated carbocycles. The highest BCUT2D eigenvalue weighted by Crippen LogP contribution is 2.37. The monoisotopic (exact) mass is 496 g/mol. The first-order chi connectivity index (χ1) is 17.4. The van der Waals surface area contributed by atoms with E-state index in [1.807, 2.05) is 48.5 Å². The minimum atomic E-state index is -4.58. The third kappa shape index (κ3) is 6.09. The molecule has 5 rings (SSSR count). The molecule has 0 atom stereocenters. The largest absolute Gasteiger partial charge is 0.490 e. The fraction of sp³-hybridized carbons (Fsp3) is 0.429. The van der Waals surface area contributed by atoms with Crippen LogP contribution in [0.15, 0.2) is 54.7 Å². The van der Waals surface area contributed by atoms with Gasteiger partial charge in [-0.05, 0) is 86.4 Å². The standard InChI is InChI=1S/C28H31F3N4O/c29-28(30,31)25-18-32-27(34-22-14-16-24(17-15-22)36-23-8-4-5-9-23)35-26(25)33-21-12-10-20(11-13-21)19-6-2-1-3-7-19/h10-19,23H,1-9H2,(H2,32,33,34,35). The number of hydrogen-bond donors (Lipinski definition) is 2. The van der Waals surface area contributed by atoms with Gasteiger partial charge in [0.15, 0.2) is 0 Å². The third-order valence-electron chi connectivity index (χ3n) is 7.06. The Bertz CT molecular complexity index is 1140. The molecule has 2 N–H and O–H groups in total. The second-order valence-electron chi connectivity index (χ2n) is 9.71. The van der Waals surface area contributed by atoms with Gasteiger partial charge in [-0.2, -0.15) is 18.2 Å². The van der Waals surface area contributed by atoms with E-state index in [0.717, 1.165) is 24.8 Å². The van der Waals surface area contributed by atoms with E-state index < -0.39 is 11.7 Å². The predicted octanol–water partition coefficient (Wildman–Crippen LogP) is 8.35. The second kappa shape index (κ2) is 10.8. The van der Waals surface area contributed by atoms with E-state index in [4.69, 9.17) is 4.74 Å². The lowest BCUT2D eigenvalue weighted by atomic mass is 9.84. The zero-order chi connectivity index (χ0) is 25.0. The van der Waals surface area contributed by atoms with Gasteiger partial charge in [0, 0.05) is 17.6 Å². The predicted molar refractivity (Wildman–Crippen MR) is 135 cm³/mol. The van der Waals surface area contributed by atoms with Crippen molar-refractivity contribution in [2.24, 2.45) is 0 Å². The first-order valence-corrected chi connectivity index (χ1v) is 12.8. The van der Waals surface area contributed by atoms with E-state index >= 15 is 0 Å². The minimum Gasteiger partial charge on any atom is -0.490 e. The highest BCUT2D eigenvalue weighted by molar-refractivity contribution is 5.63. The number of anilines is 4. The van der Waals surface area contributed by atoms with Crippen LogP contribution >= 0.6 is 0 Å². The SMILES string of the molecule is FC(F)(F)c1cnc(Nc2ccc(OC3CCCC3)cc2)nc1Nc1ccc(C2CCCCC2)cc1. The molecule has 36 heavy (non-hydrogen) atoms. The third-order valence-corrected chi connectivity index (χ3v) is 7.06. The van der Waals surface area contributed by atoms with Crippen LogP contribution in [0.25, 0.3) is 0 Å². The zero-order valence-electron chi connectivity index (χ0n) is 20.2. The van der Waals surface area contributed by atoms with Gasteiger partial charge in [0.2, 0.25) is 5.95 Å². The molecule has 0 saturated heterocycles. The van der Waals surface area contributed by atoms with Crippen molar-refractivity contribution in [3.63, 3.8) is 0 Å². The number of ether oxygens (including phenoxy) is 1. The molecule has 5 nitrogen and oxygen atoms in total. The molecule has 2 aliphatic carbocycles. The number of aromatic nitrogens is 2. The van der Waals surface area contributed by atoms with Crippen molar-refractivity contribution >= 4 is 23.1 Å². The summed E-state index contributed by atoms with van der Waals surface area (Å²) in [7, 11) is 0. The lowest BCUT2D eigenvalue weighted by Gasteiger charge is -2.22. The van der Waals surface area contributed by atoms with Gasteiger partial charge in [-0.3, -0.25) is 0 Å². The van der Waals surface area contributed by atoms with Crippen molar-refractivity contribution in [3.05, 3.63) is 65.9 Å². The molecule has 0 unspecified atom stereocenters. The summed E-state index contributed by atoms with van der Waals surface area (Å²) in [5.74, 6) is 1.10. The fourth-order valence-electron chi connectivity index (χ4n) is 5.10. The molecule has 0 spiro atoms. The van der Waals surface area contributed by atoms with E-state index in [-0.39, 0.29) is 17.9 Å². The van der Waals surface area contributed by atoms with Gasteiger partial charge in [0.1, 0.15) is 17.1 Å². The Kier molecular flexibility index (Phi) is 7.30. The molecule has 2 aliphatic rings. The minimum absolute atomic E-state index is 0.0776. The molecule has 8 heteroatoms. The van der Waals surface area contributed by atoms with Gasteiger partial charge >= 0.3 is 6.18 Å². The lowest BCUT2D eigenvalue weighted by Crippen LogP contribution is -2.13. The maximum absolute atomic E-state index is 13.7. The lowest BCUT2D eigenvalue weighted by molar-refractivity contribution is -0.137. The number of hydrogen-bond acceptors (Lipinski definition) is 5. The van der Waals surface area contributed by atoms with Gasteiger partial charge in [0.25, 0.3) is 0 Å². The number of alkyl halides is 3. The van der Waals surface area contributed by atoms with Gasteiger partial charge in [0.05, 0.1) is 6.10 Å². The molecular weight excluding hydrogens is 465 g/mol. The van der Waals surface area contributed by atoms with E-state index in [1.54, 1.807) is 0 Å². The highest BCUT2D eigenvalue weighted by atomic mass is 19.4. The molecule has 1 heterocycles. The molecular formula is C28H31F3N4O. The average Bonchev–Trinajstić information content (AvgIpc) is 3.39. The number of rotatable bonds is 7. The van der Waals surface area contributed by atoms with Crippen molar-refractivity contribution in [1.82, 2.24) is 9.97 Å². The summed E-state index contributed by atoms with van der Waals surface area (Å²) in [5, 5.41) is 5.85. The summed E-state index contributed by atoms with van der Waals surface area (Å²) in [4.78, 5) is 8.07. The Morgan fingerprint density at radius 3 is 2.03 bits per heavy atom. The van der Waals surface area contributed by atoms with Gasteiger partial charge in [-0.15, -0.1) is 0 Å². The quantitative estimate of drug-likeness (QED) is 0.344. The molecule has 3 aromatic rings. The molecule has 1 aromatic heterocycles. The molecule has 190 valence electrons. The smallest absolute Gasteiger partial charge is 0.421 e. The van der Waals surface area contributed by atoms with E-state index in [9.17, 15) is 13.2 Å². The van der Waals surface area contributed by atoms with E-state index in [1.165, 1.54) is 50.5 Å². The Morgan fingerprint density at radius 2 is 1.36 bits per heavy atom. The number of halogens is 3. The molecule has 2 aromatic carbocycles. The average molecular weight is 497 g/mol. The van der Waals surface area contributed by atoms with E-state index in [2.05, 4.69) is 20.6 Å². The van der Waals surface area contributed by atoms with Crippen LogP contribution < -0.4 is 15.4 Å². The number of benzene rings is 2. The van der Waals surface area contributed by atoms with Crippen LogP contribution in [0.5, 0.6) is 5.75 Å². The van der Waals surface area contributed by atoms with Crippen LogP contribution in [-0.2, 0) is 6.18 Å². The van der Waals surface area contributed by atoms with Gasteiger partial charge in [-0.25, -0.2) is 4.98 Å². The summed E-state index contributed by atoms with van der Waals surface area (Å²) in [6.07, 6.45) is 7.07. The van der Waals surface area contributed by atoms with Crippen LogP contribution in [-0.4, -0.2) is 16.1 Å². The summed E-state index contributed by atoms with van der Waals surface area (Å²) >= 11 is 0. The Labute approximate surface area is 209 Å². The number of nitrogens with zero attached hydrogens (tertiary/aromatic N) is 2. The zero-order valence-corrected chi connectivity index (χ0v) is 20.2. The Morgan fingerprint density at radius 1 is 0.750 bits per heavy atom. The van der Waals surface area contributed by atoms with E-state index in [0.29, 0.717) is 17.3 Å². The number of nitrogens with one attached hydrogen (secondary N) is 2. The van der Waals surface area contributed by atoms with Crippen LogP contribution in [0, 0.1) is 0 Å². The molecule has 2 fully saturated rings. The molecule has 0 amide bonds. The topological polar surface area (TPSA) is 59.1 Å². The maximum Gasteiger partial charge on any atom is 0.421 e. The van der Waals surface area contributed by atoms with Crippen LogP contribution in [0.1, 0.15) is 74.8 Å². The first kappa shape index (κ1) is 24.4. The Balaban J connectivity index is 1.30. The summed E-state index contributed by atoms with van der Waals surface area (Å²) in [5.41, 5.74) is 1.54. The van der Waals surface area contributed by atoms with Crippen molar-refractivity contribution in [2.45, 2.75) is 76.0 Å². The van der Waals surface area contributed by atoms with Crippen molar-refractivity contribution in [1.29, 1.82) is 0 Å². The van der Waals surface area contributed by atoms with Crippen LogP contribution in [0.3, 0.4) is 0 Å². The second-order valence-corrected chi connectivity index (χ2v) is 9.71. The first-order valence-electron chi connectivity index (χ1n) is 12.8. The Hall–Kier alpha value is -3.29. The summed E-state index contributed by atoms with van der Waals surface area (Å²) in [6.45, 7) is 0.